The van der Waals surface area contributed by atoms with Gasteiger partial charge in [-0.25, -0.2) is 4.79 Å². The van der Waals surface area contributed by atoms with Crippen LogP contribution in [0.2, 0.25) is 0 Å². The molecule has 0 radical (unpaired) electrons. The number of hydrogen-bond acceptors (Lipinski definition) is 5. The Morgan fingerprint density at radius 3 is 2.61 bits per heavy atom. The Morgan fingerprint density at radius 2 is 1.91 bits per heavy atom. The van der Waals surface area contributed by atoms with Gasteiger partial charge in [-0.2, -0.15) is 0 Å². The van der Waals surface area contributed by atoms with Crippen molar-refractivity contribution in [3.63, 3.8) is 0 Å². The molecule has 1 heterocycles. The van der Waals surface area contributed by atoms with Gasteiger partial charge in [0.1, 0.15) is 0 Å². The minimum atomic E-state index is -0.671. The zero-order valence-electron chi connectivity index (χ0n) is 12.9. The summed E-state index contributed by atoms with van der Waals surface area (Å²) in [5.74, 6) is -1.90. The second-order valence-corrected chi connectivity index (χ2v) is 5.03. The van der Waals surface area contributed by atoms with Crippen LogP contribution in [-0.2, 0) is 14.3 Å². The summed E-state index contributed by atoms with van der Waals surface area (Å²) in [7, 11) is 0. The molecule has 0 spiro atoms. The van der Waals surface area contributed by atoms with Crippen molar-refractivity contribution in [3.8, 4) is 0 Å². The number of nitrogens with zero attached hydrogens (tertiary/aromatic N) is 1. The van der Waals surface area contributed by atoms with E-state index in [0.29, 0.717) is 11.3 Å². The van der Waals surface area contributed by atoms with Gasteiger partial charge in [-0.05, 0) is 25.5 Å². The Bertz CT molecular complexity index is 786. The molecule has 0 atom stereocenters. The number of carbonyl (C=O) groups is 3. The summed E-state index contributed by atoms with van der Waals surface area (Å²) < 4.78 is 4.99. The van der Waals surface area contributed by atoms with Crippen LogP contribution in [0.5, 0.6) is 0 Å². The second-order valence-electron chi connectivity index (χ2n) is 5.03. The van der Waals surface area contributed by atoms with Crippen LogP contribution in [0.1, 0.15) is 21.6 Å². The Kier molecular flexibility index (Phi) is 4.90. The SMILES string of the molecule is Cc1nc2ccccc2c(C)c1C(=O)OCC(=O)NCC(N)=O. The van der Waals surface area contributed by atoms with Gasteiger partial charge in [0.05, 0.1) is 23.3 Å². The van der Waals surface area contributed by atoms with Gasteiger partial charge >= 0.3 is 5.97 Å². The highest BCUT2D eigenvalue weighted by atomic mass is 16.5. The number of aryl methyl sites for hydroxylation is 2. The number of aromatic nitrogens is 1. The molecule has 0 fully saturated rings. The number of pyridine rings is 1. The number of esters is 1. The molecule has 0 bridgehead atoms. The number of nitrogens with two attached hydrogens (primary N) is 1. The van der Waals surface area contributed by atoms with Crippen molar-refractivity contribution in [1.82, 2.24) is 10.3 Å². The normalized spacial score (nSPS) is 10.3. The molecule has 0 unspecified atom stereocenters. The number of nitrogens with one attached hydrogen (secondary N) is 1. The first kappa shape index (κ1) is 16.4. The molecule has 23 heavy (non-hydrogen) atoms. The number of carbonyl (C=O) groups excluding carboxylic acids is 3. The van der Waals surface area contributed by atoms with E-state index in [1.54, 1.807) is 13.8 Å². The van der Waals surface area contributed by atoms with Crippen LogP contribution in [0.3, 0.4) is 0 Å². The maximum atomic E-state index is 12.2. The number of rotatable bonds is 5. The van der Waals surface area contributed by atoms with E-state index in [-0.39, 0.29) is 6.54 Å². The van der Waals surface area contributed by atoms with Gasteiger partial charge in [0, 0.05) is 5.39 Å². The van der Waals surface area contributed by atoms with Gasteiger partial charge in [0.2, 0.25) is 5.91 Å². The zero-order chi connectivity index (χ0) is 17.0. The van der Waals surface area contributed by atoms with E-state index in [1.165, 1.54) is 0 Å². The molecule has 7 nitrogen and oxygen atoms in total. The van der Waals surface area contributed by atoms with Crippen LogP contribution < -0.4 is 11.1 Å². The Hall–Kier alpha value is -2.96. The predicted molar refractivity (Wildman–Crippen MR) is 83.7 cm³/mol. The van der Waals surface area contributed by atoms with E-state index in [9.17, 15) is 14.4 Å². The first-order chi connectivity index (χ1) is 10.9. The molecule has 1 aromatic carbocycles. The average molecular weight is 315 g/mol. The molecule has 2 amide bonds. The number of benzene rings is 1. The van der Waals surface area contributed by atoms with Crippen LogP contribution in [-0.4, -0.2) is 35.9 Å². The van der Waals surface area contributed by atoms with Crippen LogP contribution in [0.4, 0.5) is 0 Å². The third kappa shape index (κ3) is 3.82. The van der Waals surface area contributed by atoms with Crippen molar-refractivity contribution in [1.29, 1.82) is 0 Å². The molecule has 0 aliphatic carbocycles. The topological polar surface area (TPSA) is 111 Å². The molecule has 0 saturated carbocycles. The fourth-order valence-electron chi connectivity index (χ4n) is 2.27. The van der Waals surface area contributed by atoms with Crippen molar-refractivity contribution >= 4 is 28.7 Å². The van der Waals surface area contributed by atoms with Crippen LogP contribution in [0, 0.1) is 13.8 Å². The smallest absolute Gasteiger partial charge is 0.340 e. The lowest BCUT2D eigenvalue weighted by atomic mass is 10.0. The molecule has 3 N–H and O–H groups in total. The third-order valence-electron chi connectivity index (χ3n) is 3.33. The van der Waals surface area contributed by atoms with Crippen molar-refractivity contribution < 1.29 is 19.1 Å². The number of amides is 2. The average Bonchev–Trinajstić information content (AvgIpc) is 2.51. The van der Waals surface area contributed by atoms with Gasteiger partial charge in [0.15, 0.2) is 6.61 Å². The minimum absolute atomic E-state index is 0.300. The molecular weight excluding hydrogens is 298 g/mol. The van der Waals surface area contributed by atoms with Crippen molar-refractivity contribution in [2.75, 3.05) is 13.2 Å². The van der Waals surface area contributed by atoms with Crippen LogP contribution in [0.25, 0.3) is 10.9 Å². The molecule has 0 aliphatic rings. The van der Waals surface area contributed by atoms with Crippen molar-refractivity contribution in [3.05, 3.63) is 41.1 Å². The summed E-state index contributed by atoms with van der Waals surface area (Å²) in [5, 5.41) is 3.09. The van der Waals surface area contributed by atoms with Gasteiger partial charge < -0.3 is 15.8 Å². The van der Waals surface area contributed by atoms with Crippen molar-refractivity contribution in [2.45, 2.75) is 13.8 Å². The lowest BCUT2D eigenvalue weighted by molar-refractivity contribution is -0.127. The molecule has 7 heteroatoms. The quantitative estimate of drug-likeness (QED) is 0.785. The number of hydrogen-bond donors (Lipinski definition) is 2. The fourth-order valence-corrected chi connectivity index (χ4v) is 2.27. The first-order valence-corrected chi connectivity index (χ1v) is 6.98. The second kappa shape index (κ2) is 6.87. The number of para-hydroxylation sites is 1. The number of primary amides is 1. The molecule has 0 saturated heterocycles. The predicted octanol–water partition coefficient (Wildman–Crippen LogP) is 0.610. The fraction of sp³-hybridized carbons (Fsp3) is 0.250. The lowest BCUT2D eigenvalue weighted by Crippen LogP contribution is -2.36. The maximum absolute atomic E-state index is 12.2. The molecule has 2 aromatic rings. The van der Waals surface area contributed by atoms with Crippen LogP contribution >= 0.6 is 0 Å². The zero-order valence-corrected chi connectivity index (χ0v) is 12.9. The summed E-state index contributed by atoms with van der Waals surface area (Å²) in [6.45, 7) is 2.73. The van der Waals surface area contributed by atoms with E-state index < -0.39 is 24.4 Å². The van der Waals surface area contributed by atoms with Gasteiger partial charge in [-0.3, -0.25) is 14.6 Å². The molecular formula is C16H17N3O4. The summed E-state index contributed by atoms with van der Waals surface area (Å²) in [6, 6.07) is 7.46. The van der Waals surface area contributed by atoms with Crippen molar-refractivity contribution in [2.24, 2.45) is 5.73 Å². The maximum Gasteiger partial charge on any atom is 0.340 e. The Balaban J connectivity index is 2.15. The van der Waals surface area contributed by atoms with E-state index >= 15 is 0 Å². The monoisotopic (exact) mass is 315 g/mol. The highest BCUT2D eigenvalue weighted by molar-refractivity contribution is 5.99. The lowest BCUT2D eigenvalue weighted by Gasteiger charge is -2.12. The third-order valence-corrected chi connectivity index (χ3v) is 3.33. The summed E-state index contributed by atoms with van der Waals surface area (Å²) in [4.78, 5) is 38.6. The minimum Gasteiger partial charge on any atom is -0.452 e. The van der Waals surface area contributed by atoms with Gasteiger partial charge in [-0.1, -0.05) is 18.2 Å². The number of fused-ring (bicyclic) bond motifs is 1. The molecule has 2 rings (SSSR count). The summed E-state index contributed by atoms with van der Waals surface area (Å²) in [5.41, 5.74) is 7.32. The van der Waals surface area contributed by atoms with E-state index in [1.807, 2.05) is 24.3 Å². The van der Waals surface area contributed by atoms with E-state index in [2.05, 4.69) is 10.3 Å². The van der Waals surface area contributed by atoms with E-state index in [4.69, 9.17) is 10.5 Å². The summed E-state index contributed by atoms with van der Waals surface area (Å²) in [6.07, 6.45) is 0. The number of ether oxygens (including phenoxy) is 1. The molecule has 1 aromatic heterocycles. The molecule has 120 valence electrons. The largest absolute Gasteiger partial charge is 0.452 e. The van der Waals surface area contributed by atoms with Gasteiger partial charge in [0.25, 0.3) is 5.91 Å². The van der Waals surface area contributed by atoms with E-state index in [0.717, 1.165) is 16.5 Å². The molecule has 0 aliphatic heterocycles. The van der Waals surface area contributed by atoms with Crippen LogP contribution in [0.15, 0.2) is 24.3 Å². The first-order valence-electron chi connectivity index (χ1n) is 6.98. The standard InChI is InChI=1S/C16H17N3O4/c1-9-11-5-3-4-6-12(11)19-10(2)15(9)16(22)23-8-14(21)18-7-13(17)20/h3-6H,7-8H2,1-2H3,(H2,17,20)(H,18,21). The highest BCUT2D eigenvalue weighted by Gasteiger charge is 2.18. The van der Waals surface area contributed by atoms with Gasteiger partial charge in [-0.15, -0.1) is 0 Å². The summed E-state index contributed by atoms with van der Waals surface area (Å²) >= 11 is 0. The Labute approximate surface area is 132 Å². The Morgan fingerprint density at radius 1 is 1.22 bits per heavy atom. The highest BCUT2D eigenvalue weighted by Crippen LogP contribution is 2.23.